The van der Waals surface area contributed by atoms with Gasteiger partial charge in [-0.25, -0.2) is 4.39 Å². The van der Waals surface area contributed by atoms with E-state index in [0.717, 1.165) is 0 Å². The van der Waals surface area contributed by atoms with E-state index in [0.29, 0.717) is 22.6 Å². The topological polar surface area (TPSA) is 61.8 Å². The standard InChI is InChI=1S/C14H10Cl2FN3/c15-11-6-9(17)7-12(16)14(11)20-10-1-2-13(19)8(5-10)3-4-18/h1-2,5-7,20H,3,19H2. The fraction of sp³-hybridized carbons (Fsp3) is 0.0714. The van der Waals surface area contributed by atoms with Crippen LogP contribution in [0.15, 0.2) is 30.3 Å². The first-order valence-corrected chi connectivity index (χ1v) is 6.43. The Kier molecular flexibility index (Phi) is 4.33. The summed E-state index contributed by atoms with van der Waals surface area (Å²) in [5, 5.41) is 12.1. The normalized spacial score (nSPS) is 10.1. The van der Waals surface area contributed by atoms with Gasteiger partial charge in [-0.1, -0.05) is 23.2 Å². The summed E-state index contributed by atoms with van der Waals surface area (Å²) in [5.41, 5.74) is 8.08. The van der Waals surface area contributed by atoms with E-state index in [1.807, 2.05) is 6.07 Å². The molecule has 0 heterocycles. The number of nitrogens with two attached hydrogens (primary N) is 1. The van der Waals surface area contributed by atoms with Crippen LogP contribution in [0.25, 0.3) is 0 Å². The molecule has 0 aliphatic carbocycles. The molecule has 3 N–H and O–H groups in total. The van der Waals surface area contributed by atoms with Gasteiger partial charge in [0.25, 0.3) is 0 Å². The Morgan fingerprint density at radius 3 is 2.45 bits per heavy atom. The zero-order valence-corrected chi connectivity index (χ0v) is 11.8. The molecule has 6 heteroatoms. The van der Waals surface area contributed by atoms with Crippen LogP contribution in [0.5, 0.6) is 0 Å². The van der Waals surface area contributed by atoms with Gasteiger partial charge >= 0.3 is 0 Å². The fourth-order valence-electron chi connectivity index (χ4n) is 1.73. The predicted molar refractivity (Wildman–Crippen MR) is 79.9 cm³/mol. The summed E-state index contributed by atoms with van der Waals surface area (Å²) in [5.74, 6) is -0.506. The van der Waals surface area contributed by atoms with E-state index in [1.54, 1.807) is 18.2 Å². The molecule has 0 radical (unpaired) electrons. The zero-order valence-electron chi connectivity index (χ0n) is 10.3. The second-order valence-corrected chi connectivity index (χ2v) is 4.93. The van der Waals surface area contributed by atoms with Gasteiger partial charge in [0.2, 0.25) is 0 Å². The van der Waals surface area contributed by atoms with Crippen LogP contribution in [0, 0.1) is 17.1 Å². The summed E-state index contributed by atoms with van der Waals surface area (Å²) in [6.45, 7) is 0. The molecule has 3 nitrogen and oxygen atoms in total. The van der Waals surface area contributed by atoms with Crippen molar-refractivity contribution in [3.63, 3.8) is 0 Å². The maximum Gasteiger partial charge on any atom is 0.126 e. The number of nitriles is 1. The number of nitrogen functional groups attached to an aromatic ring is 1. The van der Waals surface area contributed by atoms with Crippen LogP contribution in [0.2, 0.25) is 10.0 Å². The molecule has 2 aromatic rings. The van der Waals surface area contributed by atoms with E-state index in [4.69, 9.17) is 34.2 Å². The highest BCUT2D eigenvalue weighted by Crippen LogP contribution is 2.34. The molecule has 0 aliphatic rings. The number of rotatable bonds is 3. The zero-order chi connectivity index (χ0) is 14.7. The molecule has 2 aromatic carbocycles. The summed E-state index contributed by atoms with van der Waals surface area (Å²) in [6, 6.07) is 9.52. The molecule has 102 valence electrons. The second-order valence-electron chi connectivity index (χ2n) is 4.12. The van der Waals surface area contributed by atoms with Crippen molar-refractivity contribution >= 4 is 40.3 Å². The average molecular weight is 310 g/mol. The Morgan fingerprint density at radius 1 is 1.20 bits per heavy atom. The number of benzene rings is 2. The predicted octanol–water partition coefficient (Wildman–Crippen LogP) is 4.52. The van der Waals surface area contributed by atoms with Crippen molar-refractivity contribution in [2.45, 2.75) is 6.42 Å². The third kappa shape index (κ3) is 3.13. The lowest BCUT2D eigenvalue weighted by Crippen LogP contribution is -1.98. The van der Waals surface area contributed by atoms with Crippen LogP contribution in [-0.2, 0) is 6.42 Å². The van der Waals surface area contributed by atoms with Crippen molar-refractivity contribution in [2.75, 3.05) is 11.1 Å². The lowest BCUT2D eigenvalue weighted by molar-refractivity contribution is 0.628. The number of anilines is 3. The summed E-state index contributed by atoms with van der Waals surface area (Å²) in [4.78, 5) is 0. The van der Waals surface area contributed by atoms with Gasteiger partial charge in [0.05, 0.1) is 28.2 Å². The Labute approximate surface area is 125 Å². The van der Waals surface area contributed by atoms with Crippen LogP contribution >= 0.6 is 23.2 Å². The molecule has 0 saturated heterocycles. The minimum atomic E-state index is -0.506. The van der Waals surface area contributed by atoms with Crippen molar-refractivity contribution in [2.24, 2.45) is 0 Å². The molecular formula is C14H10Cl2FN3. The van der Waals surface area contributed by atoms with E-state index in [9.17, 15) is 4.39 Å². The number of nitrogens with one attached hydrogen (secondary N) is 1. The van der Waals surface area contributed by atoms with Gasteiger partial charge in [0.1, 0.15) is 5.82 Å². The summed E-state index contributed by atoms with van der Waals surface area (Å²) >= 11 is 11.9. The lowest BCUT2D eigenvalue weighted by atomic mass is 10.1. The third-order valence-corrected chi connectivity index (χ3v) is 3.28. The molecule has 0 amide bonds. The van der Waals surface area contributed by atoms with E-state index < -0.39 is 5.82 Å². The molecular weight excluding hydrogens is 300 g/mol. The minimum Gasteiger partial charge on any atom is -0.398 e. The number of nitrogens with zero attached hydrogens (tertiary/aromatic N) is 1. The lowest BCUT2D eigenvalue weighted by Gasteiger charge is -2.12. The summed E-state index contributed by atoms with van der Waals surface area (Å²) < 4.78 is 13.1. The maximum absolute atomic E-state index is 13.1. The van der Waals surface area contributed by atoms with Gasteiger partial charge in [0, 0.05) is 11.4 Å². The molecule has 0 aliphatic heterocycles. The molecule has 2 rings (SSSR count). The first-order chi connectivity index (χ1) is 9.51. The van der Waals surface area contributed by atoms with E-state index in [-0.39, 0.29) is 16.5 Å². The van der Waals surface area contributed by atoms with Gasteiger partial charge in [-0.3, -0.25) is 0 Å². The molecule has 0 atom stereocenters. The van der Waals surface area contributed by atoms with Gasteiger partial charge in [-0.15, -0.1) is 0 Å². The van der Waals surface area contributed by atoms with Crippen LogP contribution in [0.4, 0.5) is 21.5 Å². The number of halogens is 3. The van der Waals surface area contributed by atoms with Crippen molar-refractivity contribution in [1.82, 2.24) is 0 Å². The number of hydrogen-bond donors (Lipinski definition) is 2. The van der Waals surface area contributed by atoms with Crippen LogP contribution in [0.3, 0.4) is 0 Å². The second kappa shape index (κ2) is 6.00. The average Bonchev–Trinajstić information content (AvgIpc) is 2.37. The highest BCUT2D eigenvalue weighted by molar-refractivity contribution is 6.39. The quantitative estimate of drug-likeness (QED) is 0.819. The van der Waals surface area contributed by atoms with Gasteiger partial charge < -0.3 is 11.1 Å². The first kappa shape index (κ1) is 14.4. The summed E-state index contributed by atoms with van der Waals surface area (Å²) in [7, 11) is 0. The highest BCUT2D eigenvalue weighted by Gasteiger charge is 2.09. The first-order valence-electron chi connectivity index (χ1n) is 5.68. The van der Waals surface area contributed by atoms with Crippen LogP contribution in [-0.4, -0.2) is 0 Å². The SMILES string of the molecule is N#CCc1cc(Nc2c(Cl)cc(F)cc2Cl)ccc1N. The molecule has 0 bridgehead atoms. The molecule has 20 heavy (non-hydrogen) atoms. The smallest absolute Gasteiger partial charge is 0.126 e. The Hall–Kier alpha value is -1.96. The van der Waals surface area contributed by atoms with Gasteiger partial charge in [0.15, 0.2) is 0 Å². The monoisotopic (exact) mass is 309 g/mol. The van der Waals surface area contributed by atoms with Crippen molar-refractivity contribution in [3.05, 3.63) is 51.8 Å². The number of hydrogen-bond acceptors (Lipinski definition) is 3. The van der Waals surface area contributed by atoms with Crippen LogP contribution in [0.1, 0.15) is 5.56 Å². The van der Waals surface area contributed by atoms with Crippen molar-refractivity contribution in [3.8, 4) is 6.07 Å². The largest absolute Gasteiger partial charge is 0.398 e. The van der Waals surface area contributed by atoms with Crippen molar-refractivity contribution < 1.29 is 4.39 Å². The molecule has 0 spiro atoms. The molecule has 0 unspecified atom stereocenters. The van der Waals surface area contributed by atoms with Gasteiger partial charge in [-0.2, -0.15) is 5.26 Å². The summed E-state index contributed by atoms with van der Waals surface area (Å²) in [6.07, 6.45) is 0.201. The Bertz CT molecular complexity index is 672. The Morgan fingerprint density at radius 2 is 1.85 bits per heavy atom. The molecule has 0 fully saturated rings. The maximum atomic E-state index is 13.1. The minimum absolute atomic E-state index is 0.175. The highest BCUT2D eigenvalue weighted by atomic mass is 35.5. The van der Waals surface area contributed by atoms with E-state index >= 15 is 0 Å². The van der Waals surface area contributed by atoms with Gasteiger partial charge in [-0.05, 0) is 35.9 Å². The van der Waals surface area contributed by atoms with E-state index in [1.165, 1.54) is 12.1 Å². The fourth-order valence-corrected chi connectivity index (χ4v) is 2.28. The van der Waals surface area contributed by atoms with Crippen LogP contribution < -0.4 is 11.1 Å². The molecule has 0 saturated carbocycles. The Balaban J connectivity index is 2.36. The van der Waals surface area contributed by atoms with Crippen molar-refractivity contribution in [1.29, 1.82) is 5.26 Å². The van der Waals surface area contributed by atoms with E-state index in [2.05, 4.69) is 5.32 Å². The third-order valence-electron chi connectivity index (χ3n) is 2.69. The molecule has 0 aromatic heterocycles.